The van der Waals surface area contributed by atoms with Gasteiger partial charge in [-0.05, 0) is 62.8 Å². The molecule has 8 nitrogen and oxygen atoms in total. The van der Waals surface area contributed by atoms with Crippen molar-refractivity contribution in [3.8, 4) is 5.75 Å². The minimum absolute atomic E-state index is 0.266. The van der Waals surface area contributed by atoms with E-state index >= 15 is 0 Å². The van der Waals surface area contributed by atoms with E-state index in [2.05, 4.69) is 41.5 Å². The van der Waals surface area contributed by atoms with Crippen molar-refractivity contribution < 1.29 is 38.0 Å². The first-order chi connectivity index (χ1) is 22.0. The molecule has 8 heteroatoms. The molecule has 0 aromatic heterocycles. The zero-order chi connectivity index (χ0) is 32.8. The first kappa shape index (κ1) is 39.6. The van der Waals surface area contributed by atoms with Gasteiger partial charge in [0, 0.05) is 32.0 Å². The third-order valence-electron chi connectivity index (χ3n) is 8.04. The Morgan fingerprint density at radius 1 is 0.644 bits per heavy atom. The van der Waals surface area contributed by atoms with Crippen LogP contribution in [0.5, 0.6) is 5.75 Å². The Labute approximate surface area is 274 Å². The standard InChI is InChI=1S/C37H64O8/c1-7-13-23-39-29-32-33(41-25-15-9-3)34(42-26-16-10-4)36(43-27-17-11-5)37(45-32,44-28-18-12-6)35(38)30-19-21-31(22-20-30)40-24-14-8-2/h19-22,32-34,36H,7-18,23-29H2,1-6H3/t32-,33-,34+,36-,37+/m1/s1. The molecule has 0 unspecified atom stereocenters. The fraction of sp³-hybridized carbons (Fsp3) is 0.811. The number of rotatable bonds is 27. The summed E-state index contributed by atoms with van der Waals surface area (Å²) in [4.78, 5) is 14.8. The van der Waals surface area contributed by atoms with Crippen LogP contribution in [-0.2, 0) is 28.4 Å². The van der Waals surface area contributed by atoms with Gasteiger partial charge in [-0.15, -0.1) is 0 Å². The van der Waals surface area contributed by atoms with Gasteiger partial charge in [-0.3, -0.25) is 4.79 Å². The fourth-order valence-corrected chi connectivity index (χ4v) is 5.18. The normalized spacial score (nSPS) is 23.3. The van der Waals surface area contributed by atoms with Crippen LogP contribution in [0.4, 0.5) is 0 Å². The molecule has 1 saturated heterocycles. The van der Waals surface area contributed by atoms with Crippen LogP contribution in [-0.4, -0.2) is 82.2 Å². The average Bonchev–Trinajstić information content (AvgIpc) is 3.05. The third-order valence-corrected chi connectivity index (χ3v) is 8.04. The fourth-order valence-electron chi connectivity index (χ4n) is 5.18. The van der Waals surface area contributed by atoms with Crippen molar-refractivity contribution >= 4 is 5.78 Å². The lowest BCUT2D eigenvalue weighted by atomic mass is 9.86. The largest absolute Gasteiger partial charge is 0.494 e. The van der Waals surface area contributed by atoms with Crippen LogP contribution in [0.2, 0.25) is 0 Å². The molecule has 0 N–H and O–H groups in total. The van der Waals surface area contributed by atoms with Gasteiger partial charge in [0.2, 0.25) is 5.78 Å². The molecule has 0 amide bonds. The summed E-state index contributed by atoms with van der Waals surface area (Å²) in [5.74, 6) is -1.28. The molecule has 260 valence electrons. The summed E-state index contributed by atoms with van der Waals surface area (Å²) in [6.45, 7) is 16.2. The maximum absolute atomic E-state index is 14.8. The molecular formula is C37H64O8. The van der Waals surface area contributed by atoms with Crippen LogP contribution >= 0.6 is 0 Å². The molecule has 0 spiro atoms. The van der Waals surface area contributed by atoms with Crippen molar-refractivity contribution in [1.82, 2.24) is 0 Å². The lowest BCUT2D eigenvalue weighted by molar-refractivity contribution is -0.355. The van der Waals surface area contributed by atoms with Crippen LogP contribution in [0.15, 0.2) is 24.3 Å². The minimum atomic E-state index is -1.73. The number of unbranched alkanes of at least 4 members (excludes halogenated alkanes) is 6. The summed E-state index contributed by atoms with van der Waals surface area (Å²) in [7, 11) is 0. The number of hydrogen-bond acceptors (Lipinski definition) is 8. The second-order valence-corrected chi connectivity index (χ2v) is 12.0. The molecule has 1 aromatic rings. The summed E-state index contributed by atoms with van der Waals surface area (Å²) in [6, 6.07) is 7.28. The molecule has 5 atom stereocenters. The Balaban J connectivity index is 2.62. The smallest absolute Gasteiger partial charge is 0.264 e. The lowest BCUT2D eigenvalue weighted by Gasteiger charge is -2.51. The first-order valence-electron chi connectivity index (χ1n) is 18.0. The molecule has 1 aliphatic rings. The molecule has 0 saturated carbocycles. The van der Waals surface area contributed by atoms with Crippen LogP contribution in [0.25, 0.3) is 0 Å². The molecule has 1 aromatic carbocycles. The first-order valence-corrected chi connectivity index (χ1v) is 18.0. The number of benzene rings is 1. The second-order valence-electron chi connectivity index (χ2n) is 12.0. The Hall–Kier alpha value is -1.55. The van der Waals surface area contributed by atoms with Crippen molar-refractivity contribution in [2.75, 3.05) is 46.2 Å². The van der Waals surface area contributed by atoms with Gasteiger partial charge in [0.1, 0.15) is 30.2 Å². The molecule has 0 bridgehead atoms. The van der Waals surface area contributed by atoms with Gasteiger partial charge in [0.05, 0.1) is 19.8 Å². The van der Waals surface area contributed by atoms with Gasteiger partial charge < -0.3 is 33.2 Å². The van der Waals surface area contributed by atoms with Crippen molar-refractivity contribution in [2.45, 2.75) is 149 Å². The Morgan fingerprint density at radius 3 is 1.76 bits per heavy atom. The molecule has 1 aliphatic heterocycles. The number of hydrogen-bond donors (Lipinski definition) is 0. The molecule has 1 fully saturated rings. The summed E-state index contributed by atoms with van der Waals surface area (Å²) in [6.07, 6.45) is 8.79. The van der Waals surface area contributed by atoms with Crippen LogP contribution in [0.3, 0.4) is 0 Å². The van der Waals surface area contributed by atoms with Crippen molar-refractivity contribution in [2.24, 2.45) is 0 Å². The molecule has 2 rings (SSSR count). The predicted molar refractivity (Wildman–Crippen MR) is 179 cm³/mol. The quantitative estimate of drug-likeness (QED) is 0.0704. The van der Waals surface area contributed by atoms with Gasteiger partial charge >= 0.3 is 0 Å². The number of carbonyl (C=O) groups excluding carboxylic acids is 1. The molecule has 45 heavy (non-hydrogen) atoms. The second kappa shape index (κ2) is 23.7. The van der Waals surface area contributed by atoms with E-state index in [1.807, 2.05) is 12.1 Å². The molecule has 1 heterocycles. The zero-order valence-corrected chi connectivity index (χ0v) is 29.3. The van der Waals surface area contributed by atoms with Gasteiger partial charge in [-0.2, -0.15) is 0 Å². The maximum Gasteiger partial charge on any atom is 0.264 e. The van der Waals surface area contributed by atoms with E-state index < -0.39 is 30.2 Å². The van der Waals surface area contributed by atoms with Gasteiger partial charge in [-0.25, -0.2) is 0 Å². The van der Waals surface area contributed by atoms with E-state index in [4.69, 9.17) is 33.2 Å². The van der Waals surface area contributed by atoms with E-state index in [0.717, 1.165) is 82.8 Å². The molecule has 0 aliphatic carbocycles. The van der Waals surface area contributed by atoms with E-state index in [1.165, 1.54) is 0 Å². The number of Topliss-reactive ketones (excluding diaryl/α,β-unsaturated/α-hetero) is 1. The minimum Gasteiger partial charge on any atom is -0.494 e. The topological polar surface area (TPSA) is 81.7 Å². The number of carbonyl (C=O) groups is 1. The van der Waals surface area contributed by atoms with Crippen molar-refractivity contribution in [1.29, 1.82) is 0 Å². The average molecular weight is 637 g/mol. The van der Waals surface area contributed by atoms with Crippen LogP contribution in [0, 0.1) is 0 Å². The highest BCUT2D eigenvalue weighted by atomic mass is 16.7. The number of ether oxygens (including phenoxy) is 7. The zero-order valence-electron chi connectivity index (χ0n) is 29.3. The highest BCUT2D eigenvalue weighted by Crippen LogP contribution is 2.40. The SMILES string of the molecule is CCCCOC[C@H]1O[C@@](OCCCC)(C(=O)c2ccc(OCCCC)cc2)[C@H](OCCCC)[C@@H](OCCCC)[C@@H]1OCCCC. The maximum atomic E-state index is 14.8. The third kappa shape index (κ3) is 12.9. The number of ketones is 1. The predicted octanol–water partition coefficient (Wildman–Crippen LogP) is 8.33. The van der Waals surface area contributed by atoms with Crippen molar-refractivity contribution in [3.63, 3.8) is 0 Å². The van der Waals surface area contributed by atoms with Gasteiger partial charge in [0.15, 0.2) is 0 Å². The Kier molecular flexibility index (Phi) is 20.9. The van der Waals surface area contributed by atoms with E-state index in [-0.39, 0.29) is 12.4 Å². The monoisotopic (exact) mass is 636 g/mol. The van der Waals surface area contributed by atoms with Gasteiger partial charge in [0.25, 0.3) is 5.79 Å². The van der Waals surface area contributed by atoms with Crippen molar-refractivity contribution in [3.05, 3.63) is 29.8 Å². The summed E-state index contributed by atoms with van der Waals surface area (Å²) < 4.78 is 45.4. The molecule has 0 radical (unpaired) electrons. The van der Waals surface area contributed by atoms with E-state index in [0.29, 0.717) is 45.2 Å². The highest BCUT2D eigenvalue weighted by molar-refractivity contribution is 6.02. The Morgan fingerprint density at radius 2 is 1.16 bits per heavy atom. The molecular weight excluding hydrogens is 572 g/mol. The lowest BCUT2D eigenvalue weighted by Crippen LogP contribution is -2.71. The summed E-state index contributed by atoms with van der Waals surface area (Å²) >= 11 is 0. The van der Waals surface area contributed by atoms with Gasteiger partial charge in [-0.1, -0.05) is 80.1 Å². The Bertz CT molecular complexity index is 878. The summed E-state index contributed by atoms with van der Waals surface area (Å²) in [5, 5.41) is 0. The van der Waals surface area contributed by atoms with Crippen LogP contribution in [0.1, 0.15) is 129 Å². The van der Waals surface area contributed by atoms with E-state index in [9.17, 15) is 4.79 Å². The highest BCUT2D eigenvalue weighted by Gasteiger charge is 2.62. The summed E-state index contributed by atoms with van der Waals surface area (Å²) in [5.41, 5.74) is 0.474. The van der Waals surface area contributed by atoms with E-state index in [1.54, 1.807) is 12.1 Å². The van der Waals surface area contributed by atoms with Crippen LogP contribution < -0.4 is 4.74 Å².